The maximum atomic E-state index is 6.41. The number of methoxy groups -OCH3 is 1. The van der Waals surface area contributed by atoms with E-state index in [1.54, 1.807) is 7.11 Å². The van der Waals surface area contributed by atoms with E-state index >= 15 is 0 Å². The fourth-order valence-electron chi connectivity index (χ4n) is 3.16. The van der Waals surface area contributed by atoms with Gasteiger partial charge in [-0.05, 0) is 44.4 Å². The molecular formula is C17H27ClN2O. The lowest BCUT2D eigenvalue weighted by molar-refractivity contribution is 0.271. The predicted octanol–water partition coefficient (Wildman–Crippen LogP) is 3.95. The summed E-state index contributed by atoms with van der Waals surface area (Å²) in [7, 11) is 1.69. The van der Waals surface area contributed by atoms with Gasteiger partial charge in [0.15, 0.2) is 0 Å². The summed E-state index contributed by atoms with van der Waals surface area (Å²) in [6, 6.07) is 6.94. The SMILES string of the molecule is CCCNC1CCN(c2cc(OC)ccc2Cl)C(C)C1C. The number of anilines is 1. The number of piperidine rings is 1. The monoisotopic (exact) mass is 310 g/mol. The molecule has 0 bridgehead atoms. The van der Waals surface area contributed by atoms with Gasteiger partial charge in [-0.25, -0.2) is 0 Å². The van der Waals surface area contributed by atoms with Crippen LogP contribution in [0, 0.1) is 5.92 Å². The summed E-state index contributed by atoms with van der Waals surface area (Å²) in [6.45, 7) is 8.96. The fraction of sp³-hybridized carbons (Fsp3) is 0.647. The van der Waals surface area contributed by atoms with Crippen LogP contribution in [-0.2, 0) is 0 Å². The average molecular weight is 311 g/mol. The summed E-state index contributed by atoms with van der Waals surface area (Å²) in [4.78, 5) is 2.42. The molecule has 0 aliphatic carbocycles. The van der Waals surface area contributed by atoms with Gasteiger partial charge in [0, 0.05) is 24.7 Å². The van der Waals surface area contributed by atoms with Crippen LogP contribution in [0.5, 0.6) is 5.75 Å². The summed E-state index contributed by atoms with van der Waals surface area (Å²) in [5.74, 6) is 1.45. The molecule has 3 unspecified atom stereocenters. The summed E-state index contributed by atoms with van der Waals surface area (Å²) in [5, 5.41) is 4.48. The molecule has 1 aromatic rings. The van der Waals surface area contributed by atoms with Crippen LogP contribution in [-0.4, -0.2) is 32.3 Å². The quantitative estimate of drug-likeness (QED) is 0.891. The average Bonchev–Trinajstić information content (AvgIpc) is 2.50. The van der Waals surface area contributed by atoms with Crippen molar-refractivity contribution in [2.24, 2.45) is 5.92 Å². The Kier molecular flexibility index (Phi) is 5.77. The third-order valence-electron chi connectivity index (χ3n) is 4.69. The van der Waals surface area contributed by atoms with Gasteiger partial charge in [0.25, 0.3) is 0 Å². The van der Waals surface area contributed by atoms with E-state index in [1.807, 2.05) is 18.2 Å². The molecule has 3 atom stereocenters. The first-order chi connectivity index (χ1) is 10.1. The van der Waals surface area contributed by atoms with Crippen molar-refractivity contribution in [2.75, 3.05) is 25.1 Å². The Morgan fingerprint density at radius 2 is 2.14 bits per heavy atom. The molecular weight excluding hydrogens is 284 g/mol. The number of benzene rings is 1. The summed E-state index contributed by atoms with van der Waals surface area (Å²) >= 11 is 6.41. The highest BCUT2D eigenvalue weighted by Crippen LogP contribution is 2.35. The first kappa shape index (κ1) is 16.4. The molecule has 1 aromatic carbocycles. The Morgan fingerprint density at radius 1 is 1.38 bits per heavy atom. The van der Waals surface area contributed by atoms with Crippen molar-refractivity contribution in [2.45, 2.75) is 45.7 Å². The van der Waals surface area contributed by atoms with E-state index in [4.69, 9.17) is 16.3 Å². The van der Waals surface area contributed by atoms with Gasteiger partial charge < -0.3 is 15.0 Å². The van der Waals surface area contributed by atoms with E-state index in [2.05, 4.69) is 31.0 Å². The summed E-state index contributed by atoms with van der Waals surface area (Å²) < 4.78 is 5.34. The molecule has 21 heavy (non-hydrogen) atoms. The summed E-state index contributed by atoms with van der Waals surface area (Å²) in [6.07, 6.45) is 2.34. The second-order valence-electron chi connectivity index (χ2n) is 5.96. The molecule has 1 saturated heterocycles. The minimum atomic E-state index is 0.456. The van der Waals surface area contributed by atoms with E-state index in [-0.39, 0.29) is 0 Å². The van der Waals surface area contributed by atoms with E-state index < -0.39 is 0 Å². The van der Waals surface area contributed by atoms with E-state index in [0.29, 0.717) is 18.0 Å². The molecule has 0 saturated carbocycles. The van der Waals surface area contributed by atoms with Gasteiger partial charge in [-0.15, -0.1) is 0 Å². The fourth-order valence-corrected chi connectivity index (χ4v) is 3.39. The molecule has 1 fully saturated rings. The van der Waals surface area contributed by atoms with Gasteiger partial charge in [0.1, 0.15) is 5.75 Å². The van der Waals surface area contributed by atoms with E-state index in [9.17, 15) is 0 Å². The Hall–Kier alpha value is -0.930. The maximum Gasteiger partial charge on any atom is 0.121 e. The molecule has 1 N–H and O–H groups in total. The minimum absolute atomic E-state index is 0.456. The maximum absolute atomic E-state index is 6.41. The standard InChI is InChI=1S/C17H27ClN2O/c1-5-9-19-16-8-10-20(13(3)12(16)2)17-11-14(21-4)6-7-15(17)18/h6-7,11-13,16,19H,5,8-10H2,1-4H3. The highest BCUT2D eigenvalue weighted by Gasteiger charge is 2.32. The number of halogens is 1. The highest BCUT2D eigenvalue weighted by atomic mass is 35.5. The normalized spacial score (nSPS) is 26.0. The van der Waals surface area contributed by atoms with Crippen molar-refractivity contribution >= 4 is 17.3 Å². The van der Waals surface area contributed by atoms with Crippen molar-refractivity contribution in [3.8, 4) is 5.75 Å². The number of hydrogen-bond acceptors (Lipinski definition) is 3. The number of hydrogen-bond donors (Lipinski definition) is 1. The predicted molar refractivity (Wildman–Crippen MR) is 90.7 cm³/mol. The van der Waals surface area contributed by atoms with Crippen LogP contribution in [0.15, 0.2) is 18.2 Å². The second kappa shape index (κ2) is 7.37. The number of rotatable bonds is 5. The van der Waals surface area contributed by atoms with Crippen LogP contribution in [0.4, 0.5) is 5.69 Å². The van der Waals surface area contributed by atoms with Crippen LogP contribution in [0.2, 0.25) is 5.02 Å². The molecule has 0 amide bonds. The molecule has 4 heteroatoms. The number of nitrogens with one attached hydrogen (secondary N) is 1. The van der Waals surface area contributed by atoms with Crippen molar-refractivity contribution in [3.63, 3.8) is 0 Å². The van der Waals surface area contributed by atoms with Gasteiger partial charge in [0.2, 0.25) is 0 Å². The van der Waals surface area contributed by atoms with Crippen molar-refractivity contribution < 1.29 is 4.74 Å². The van der Waals surface area contributed by atoms with Gasteiger partial charge in [-0.1, -0.05) is 25.4 Å². The largest absolute Gasteiger partial charge is 0.497 e. The first-order valence-electron chi connectivity index (χ1n) is 7.92. The number of ether oxygens (including phenoxy) is 1. The summed E-state index contributed by atoms with van der Waals surface area (Å²) in [5.41, 5.74) is 1.09. The van der Waals surface area contributed by atoms with Crippen LogP contribution in [0.1, 0.15) is 33.6 Å². The van der Waals surface area contributed by atoms with E-state index in [1.165, 1.54) is 6.42 Å². The Balaban J connectivity index is 2.15. The van der Waals surface area contributed by atoms with Crippen LogP contribution < -0.4 is 15.0 Å². The zero-order chi connectivity index (χ0) is 15.4. The number of nitrogens with zero attached hydrogens (tertiary/aromatic N) is 1. The van der Waals surface area contributed by atoms with Crippen LogP contribution in [0.3, 0.4) is 0 Å². The van der Waals surface area contributed by atoms with Crippen LogP contribution >= 0.6 is 11.6 Å². The zero-order valence-electron chi connectivity index (χ0n) is 13.5. The molecule has 3 nitrogen and oxygen atoms in total. The molecule has 1 heterocycles. The van der Waals surface area contributed by atoms with E-state index in [0.717, 1.165) is 36.0 Å². The lowest BCUT2D eigenvalue weighted by Gasteiger charge is -2.44. The third kappa shape index (κ3) is 3.64. The molecule has 0 spiro atoms. The second-order valence-corrected chi connectivity index (χ2v) is 6.37. The lowest BCUT2D eigenvalue weighted by atomic mass is 9.86. The molecule has 0 radical (unpaired) electrons. The zero-order valence-corrected chi connectivity index (χ0v) is 14.3. The third-order valence-corrected chi connectivity index (χ3v) is 5.01. The minimum Gasteiger partial charge on any atom is -0.497 e. The van der Waals surface area contributed by atoms with Gasteiger partial charge in [-0.3, -0.25) is 0 Å². The lowest BCUT2D eigenvalue weighted by Crippen LogP contribution is -2.53. The smallest absolute Gasteiger partial charge is 0.121 e. The van der Waals surface area contributed by atoms with Crippen molar-refractivity contribution in [3.05, 3.63) is 23.2 Å². The topological polar surface area (TPSA) is 24.5 Å². The molecule has 0 aromatic heterocycles. The van der Waals surface area contributed by atoms with Crippen molar-refractivity contribution in [1.82, 2.24) is 5.32 Å². The Bertz CT molecular complexity index is 466. The van der Waals surface area contributed by atoms with Gasteiger partial charge in [0.05, 0.1) is 17.8 Å². The van der Waals surface area contributed by atoms with Gasteiger partial charge >= 0.3 is 0 Å². The van der Waals surface area contributed by atoms with Gasteiger partial charge in [-0.2, -0.15) is 0 Å². The Morgan fingerprint density at radius 3 is 2.81 bits per heavy atom. The highest BCUT2D eigenvalue weighted by molar-refractivity contribution is 6.33. The Labute approximate surface area is 133 Å². The molecule has 118 valence electrons. The first-order valence-corrected chi connectivity index (χ1v) is 8.29. The molecule has 2 rings (SSSR count). The molecule has 1 aliphatic heterocycles. The molecule has 1 aliphatic rings. The van der Waals surface area contributed by atoms with Crippen LogP contribution in [0.25, 0.3) is 0 Å². The van der Waals surface area contributed by atoms with Crippen molar-refractivity contribution in [1.29, 1.82) is 0 Å².